The first-order valence-corrected chi connectivity index (χ1v) is 7.27. The largest absolute Gasteiger partial charge is 0.481 e. The van der Waals surface area contributed by atoms with E-state index in [1.165, 1.54) is 0 Å². The molecular weight excluding hydrogens is 260 g/mol. The van der Waals surface area contributed by atoms with Crippen LogP contribution in [0.4, 0.5) is 0 Å². The highest BCUT2D eigenvalue weighted by molar-refractivity contribution is 5.67. The van der Waals surface area contributed by atoms with Gasteiger partial charge in [0.05, 0.1) is 12.0 Å². The van der Waals surface area contributed by atoms with Crippen LogP contribution in [0.1, 0.15) is 51.9 Å². The molecule has 1 unspecified atom stereocenters. The first-order valence-electron chi connectivity index (χ1n) is 7.27. The molecule has 2 atom stereocenters. The van der Waals surface area contributed by atoms with E-state index in [1.807, 2.05) is 6.92 Å². The summed E-state index contributed by atoms with van der Waals surface area (Å²) in [6.07, 6.45) is 4.77. The van der Waals surface area contributed by atoms with Crippen LogP contribution < -0.4 is 11.5 Å². The van der Waals surface area contributed by atoms with Crippen LogP contribution in [-0.4, -0.2) is 42.2 Å². The predicted molar refractivity (Wildman–Crippen MR) is 77.4 cm³/mol. The molecule has 0 fully saturated rings. The molecule has 0 aliphatic carbocycles. The van der Waals surface area contributed by atoms with Crippen LogP contribution in [0.15, 0.2) is 0 Å². The number of aldehydes is 1. The van der Waals surface area contributed by atoms with E-state index >= 15 is 0 Å². The zero-order valence-corrected chi connectivity index (χ0v) is 12.3. The monoisotopic (exact) mass is 288 g/mol. The van der Waals surface area contributed by atoms with E-state index in [-0.39, 0.29) is 6.42 Å². The topological polar surface area (TPSA) is 116 Å². The maximum absolute atomic E-state index is 10.9. The molecule has 0 aliphatic rings. The van der Waals surface area contributed by atoms with E-state index < -0.39 is 17.6 Å². The van der Waals surface area contributed by atoms with Crippen molar-refractivity contribution in [2.24, 2.45) is 11.5 Å². The molecule has 0 aromatic heterocycles. The predicted octanol–water partition coefficient (Wildman–Crippen LogP) is 1.06. The van der Waals surface area contributed by atoms with Crippen molar-refractivity contribution in [1.82, 2.24) is 0 Å². The fourth-order valence-electron chi connectivity index (χ4n) is 2.46. The third-order valence-electron chi connectivity index (χ3n) is 3.48. The molecule has 0 aromatic rings. The van der Waals surface area contributed by atoms with Crippen molar-refractivity contribution < 1.29 is 19.4 Å². The van der Waals surface area contributed by atoms with Gasteiger partial charge >= 0.3 is 5.97 Å². The number of unbranched alkanes of at least 4 members (excludes halogenated alkanes) is 2. The van der Waals surface area contributed by atoms with E-state index in [9.17, 15) is 9.59 Å². The molecule has 0 amide bonds. The summed E-state index contributed by atoms with van der Waals surface area (Å²) in [5.74, 6) is -0.934. The SMILES string of the molecule is CCO[C@](CCCC=O)(CCCCN)C(N)CC(=O)O. The van der Waals surface area contributed by atoms with Crippen molar-refractivity contribution >= 4 is 12.3 Å². The van der Waals surface area contributed by atoms with Crippen molar-refractivity contribution in [2.75, 3.05) is 13.2 Å². The van der Waals surface area contributed by atoms with Gasteiger partial charge in [0.2, 0.25) is 0 Å². The number of nitrogens with two attached hydrogens (primary N) is 2. The Morgan fingerprint density at radius 2 is 2.00 bits per heavy atom. The van der Waals surface area contributed by atoms with Crippen LogP contribution in [0.3, 0.4) is 0 Å². The van der Waals surface area contributed by atoms with Gasteiger partial charge in [-0.3, -0.25) is 4.79 Å². The average molecular weight is 288 g/mol. The van der Waals surface area contributed by atoms with Crippen LogP contribution >= 0.6 is 0 Å². The molecule has 0 spiro atoms. The van der Waals surface area contributed by atoms with E-state index in [4.69, 9.17) is 21.3 Å². The summed E-state index contributed by atoms with van der Waals surface area (Å²) in [5.41, 5.74) is 10.9. The Kier molecular flexibility index (Phi) is 10.2. The number of hydrogen-bond donors (Lipinski definition) is 3. The quantitative estimate of drug-likeness (QED) is 0.345. The molecule has 0 aliphatic heterocycles. The lowest BCUT2D eigenvalue weighted by atomic mass is 9.82. The molecule has 0 saturated heterocycles. The summed E-state index contributed by atoms with van der Waals surface area (Å²) in [4.78, 5) is 21.4. The van der Waals surface area contributed by atoms with Crippen LogP contribution in [0.2, 0.25) is 0 Å². The van der Waals surface area contributed by atoms with Crippen molar-refractivity contribution in [1.29, 1.82) is 0 Å². The molecule has 6 nitrogen and oxygen atoms in total. The highest BCUT2D eigenvalue weighted by Gasteiger charge is 2.37. The molecule has 20 heavy (non-hydrogen) atoms. The van der Waals surface area contributed by atoms with Gasteiger partial charge in [0.25, 0.3) is 0 Å². The highest BCUT2D eigenvalue weighted by Crippen LogP contribution is 2.30. The summed E-state index contributed by atoms with van der Waals surface area (Å²) in [7, 11) is 0. The average Bonchev–Trinajstić information content (AvgIpc) is 2.38. The van der Waals surface area contributed by atoms with Gasteiger partial charge < -0.3 is 26.1 Å². The van der Waals surface area contributed by atoms with Crippen LogP contribution in [0.25, 0.3) is 0 Å². The molecule has 5 N–H and O–H groups in total. The molecule has 6 heteroatoms. The van der Waals surface area contributed by atoms with Gasteiger partial charge in [-0.2, -0.15) is 0 Å². The van der Waals surface area contributed by atoms with E-state index in [0.29, 0.717) is 38.8 Å². The lowest BCUT2D eigenvalue weighted by Crippen LogP contribution is -2.51. The third-order valence-corrected chi connectivity index (χ3v) is 3.48. The lowest BCUT2D eigenvalue weighted by Gasteiger charge is -2.38. The smallest absolute Gasteiger partial charge is 0.305 e. The molecule has 0 aromatic carbocycles. The zero-order valence-electron chi connectivity index (χ0n) is 12.3. The van der Waals surface area contributed by atoms with Gasteiger partial charge in [-0.25, -0.2) is 0 Å². The second-order valence-corrected chi connectivity index (χ2v) is 5.01. The Hall–Kier alpha value is -0.980. The van der Waals surface area contributed by atoms with Gasteiger partial charge in [0, 0.05) is 19.1 Å². The fourth-order valence-corrected chi connectivity index (χ4v) is 2.46. The van der Waals surface area contributed by atoms with Gasteiger partial charge in [-0.15, -0.1) is 0 Å². The van der Waals surface area contributed by atoms with Gasteiger partial charge in [0.1, 0.15) is 6.29 Å². The summed E-state index contributed by atoms with van der Waals surface area (Å²) in [5, 5.41) is 8.95. The molecule has 0 heterocycles. The number of aliphatic carboxylic acids is 1. The first kappa shape index (κ1) is 19.0. The number of rotatable bonds is 13. The third kappa shape index (κ3) is 6.98. The number of carbonyl (C=O) groups is 2. The Morgan fingerprint density at radius 1 is 1.35 bits per heavy atom. The molecule has 0 radical (unpaired) electrons. The Balaban J connectivity index is 4.86. The Bertz CT molecular complexity index is 286. The summed E-state index contributed by atoms with van der Waals surface area (Å²) in [6.45, 7) is 2.92. The summed E-state index contributed by atoms with van der Waals surface area (Å²) in [6, 6.07) is -0.579. The van der Waals surface area contributed by atoms with Gasteiger partial charge in [-0.1, -0.05) is 0 Å². The van der Waals surface area contributed by atoms with Crippen LogP contribution in [0.5, 0.6) is 0 Å². The van der Waals surface area contributed by atoms with Gasteiger partial charge in [0.15, 0.2) is 0 Å². The van der Waals surface area contributed by atoms with E-state index in [1.54, 1.807) is 0 Å². The summed E-state index contributed by atoms with van der Waals surface area (Å²) >= 11 is 0. The second kappa shape index (κ2) is 10.8. The van der Waals surface area contributed by atoms with E-state index in [2.05, 4.69) is 0 Å². The Labute approximate surface area is 120 Å². The minimum Gasteiger partial charge on any atom is -0.481 e. The standard InChI is InChI=1S/C14H28N2O4/c1-2-20-14(7-3-5-9-15,8-4-6-10-17)12(16)11-13(18)19/h10,12H,2-9,11,15-16H2,1H3,(H,18,19)/t12?,14-/m0/s1. The number of ether oxygens (including phenoxy) is 1. The first-order chi connectivity index (χ1) is 9.52. The van der Waals surface area contributed by atoms with Crippen LogP contribution in [-0.2, 0) is 14.3 Å². The highest BCUT2D eigenvalue weighted by atomic mass is 16.5. The lowest BCUT2D eigenvalue weighted by molar-refractivity contribution is -0.141. The Morgan fingerprint density at radius 3 is 2.50 bits per heavy atom. The number of carboxylic acids is 1. The fraction of sp³-hybridized carbons (Fsp3) is 0.857. The molecule has 118 valence electrons. The molecule has 0 saturated carbocycles. The molecule has 0 rings (SSSR count). The van der Waals surface area contributed by atoms with Crippen molar-refractivity contribution in [2.45, 2.75) is 63.5 Å². The zero-order chi connectivity index (χ0) is 15.4. The number of carbonyl (C=O) groups excluding carboxylic acids is 1. The van der Waals surface area contributed by atoms with Crippen molar-refractivity contribution in [3.8, 4) is 0 Å². The molecular formula is C14H28N2O4. The van der Waals surface area contributed by atoms with Crippen molar-refractivity contribution in [3.05, 3.63) is 0 Å². The van der Waals surface area contributed by atoms with Gasteiger partial charge in [-0.05, 0) is 45.6 Å². The van der Waals surface area contributed by atoms with Crippen molar-refractivity contribution in [3.63, 3.8) is 0 Å². The summed E-state index contributed by atoms with van der Waals surface area (Å²) < 4.78 is 5.84. The minimum absolute atomic E-state index is 0.135. The molecule has 0 bridgehead atoms. The minimum atomic E-state index is -0.934. The van der Waals surface area contributed by atoms with E-state index in [0.717, 1.165) is 19.1 Å². The number of hydrogen-bond acceptors (Lipinski definition) is 5. The normalized spacial score (nSPS) is 15.6. The maximum atomic E-state index is 10.9. The second-order valence-electron chi connectivity index (χ2n) is 5.01. The van der Waals surface area contributed by atoms with Crippen LogP contribution in [0, 0.1) is 0 Å². The maximum Gasteiger partial charge on any atom is 0.305 e. The number of carboxylic acid groups (broad SMARTS) is 1.